The van der Waals surface area contributed by atoms with Gasteiger partial charge in [0.2, 0.25) is 0 Å². The minimum atomic E-state index is -0.766. The Labute approximate surface area is 140 Å². The van der Waals surface area contributed by atoms with Gasteiger partial charge in [-0.2, -0.15) is 0 Å². The predicted octanol–water partition coefficient (Wildman–Crippen LogP) is 1.87. The van der Waals surface area contributed by atoms with Gasteiger partial charge in [0.15, 0.2) is 0 Å². The second-order valence-corrected chi connectivity index (χ2v) is 4.82. The van der Waals surface area contributed by atoms with Gasteiger partial charge in [0.1, 0.15) is 12.4 Å². The molecule has 8 nitrogen and oxygen atoms in total. The van der Waals surface area contributed by atoms with Crippen molar-refractivity contribution in [2.24, 2.45) is 0 Å². The highest BCUT2D eigenvalue weighted by Crippen LogP contribution is 2.07. The van der Waals surface area contributed by atoms with E-state index in [9.17, 15) is 14.4 Å². The first-order valence-corrected chi connectivity index (χ1v) is 6.90. The maximum Gasteiger partial charge on any atom is 0.412 e. The van der Waals surface area contributed by atoms with Crippen LogP contribution in [0.3, 0.4) is 0 Å². The van der Waals surface area contributed by atoms with Crippen LogP contribution in [0.25, 0.3) is 0 Å². The quantitative estimate of drug-likeness (QED) is 0.156. The minimum Gasteiger partial charge on any atom is -0.460 e. The number of esters is 1. The van der Waals surface area contributed by atoms with Crippen molar-refractivity contribution < 1.29 is 28.7 Å². The van der Waals surface area contributed by atoms with Crippen LogP contribution in [0.15, 0.2) is 48.9 Å². The predicted molar refractivity (Wildman–Crippen MR) is 87.2 cm³/mol. The minimum absolute atomic E-state index is 0.0155. The Hall–Kier alpha value is -3.03. The number of hydroxylamine groups is 1. The van der Waals surface area contributed by atoms with Crippen LogP contribution in [0.2, 0.25) is 0 Å². The molecular weight excluding hydrogens is 316 g/mol. The lowest BCUT2D eigenvalue weighted by Crippen LogP contribution is -2.29. The summed E-state index contributed by atoms with van der Waals surface area (Å²) in [5.74, 6) is -1.10. The molecule has 0 unspecified atom stereocenters. The maximum absolute atomic E-state index is 11.5. The number of amides is 1. The number of rotatable bonds is 10. The lowest BCUT2D eigenvalue weighted by molar-refractivity contribution is -0.144. The van der Waals surface area contributed by atoms with E-state index < -0.39 is 18.0 Å². The number of alkyl carbamates (subject to hydrolysis) is 1. The van der Waals surface area contributed by atoms with Gasteiger partial charge < -0.3 is 19.6 Å². The van der Waals surface area contributed by atoms with Gasteiger partial charge in [0.25, 0.3) is 0 Å². The molecule has 0 saturated carbocycles. The summed E-state index contributed by atoms with van der Waals surface area (Å²) in [6.07, 6.45) is -0.722. The Morgan fingerprint density at radius 2 is 1.54 bits per heavy atom. The molecular formula is C16H22N2O6. The second kappa shape index (κ2) is 10.7. The van der Waals surface area contributed by atoms with Gasteiger partial charge in [-0.25, -0.2) is 19.9 Å². The van der Waals surface area contributed by atoms with Crippen molar-refractivity contribution in [2.45, 2.75) is 20.3 Å². The largest absolute Gasteiger partial charge is 0.460 e. The average molecular weight is 338 g/mol. The summed E-state index contributed by atoms with van der Waals surface area (Å²) in [7, 11) is 0. The smallest absolute Gasteiger partial charge is 0.412 e. The molecule has 0 aliphatic rings. The fourth-order valence-electron chi connectivity index (χ4n) is 1.10. The van der Waals surface area contributed by atoms with E-state index in [2.05, 4.69) is 42.0 Å². The molecule has 0 heterocycles. The summed E-state index contributed by atoms with van der Waals surface area (Å²) in [4.78, 5) is 38.4. The van der Waals surface area contributed by atoms with E-state index in [1.807, 2.05) is 0 Å². The van der Waals surface area contributed by atoms with Crippen LogP contribution in [-0.2, 0) is 23.9 Å². The first kappa shape index (κ1) is 21.0. The third-order valence-corrected chi connectivity index (χ3v) is 2.24. The van der Waals surface area contributed by atoms with Crippen LogP contribution in [0.4, 0.5) is 4.79 Å². The van der Waals surface area contributed by atoms with Gasteiger partial charge in [-0.1, -0.05) is 26.3 Å². The van der Waals surface area contributed by atoms with E-state index in [-0.39, 0.29) is 42.2 Å². The van der Waals surface area contributed by atoms with Crippen LogP contribution in [0.5, 0.6) is 0 Å². The van der Waals surface area contributed by atoms with Crippen LogP contribution >= 0.6 is 0 Å². The molecule has 0 spiro atoms. The van der Waals surface area contributed by atoms with E-state index in [1.165, 1.54) is 13.8 Å². The standard InChI is InChI=1S/C16H22N2O6/c1-10(2)14(19)22-8-7-17-16(21)23-13(6)9-12(5)18-24-15(20)11(3)4/h18H,1,3,5-9H2,2,4H3,(H,17,21). The molecule has 0 rings (SSSR count). The molecule has 132 valence electrons. The van der Waals surface area contributed by atoms with Gasteiger partial charge >= 0.3 is 18.0 Å². The SMILES string of the molecule is C=C(CC(=C)OC(=O)NCCOC(=O)C(=C)C)NOC(=O)C(=C)C. The van der Waals surface area contributed by atoms with Crippen molar-refractivity contribution in [3.05, 3.63) is 48.9 Å². The van der Waals surface area contributed by atoms with E-state index >= 15 is 0 Å². The Kier molecular flexibility index (Phi) is 9.31. The summed E-state index contributed by atoms with van der Waals surface area (Å²) < 4.78 is 9.65. The second-order valence-electron chi connectivity index (χ2n) is 4.82. The molecule has 0 aromatic carbocycles. The first-order valence-electron chi connectivity index (χ1n) is 6.90. The van der Waals surface area contributed by atoms with E-state index in [0.29, 0.717) is 0 Å². The van der Waals surface area contributed by atoms with Crippen molar-refractivity contribution in [1.29, 1.82) is 0 Å². The molecule has 0 aromatic heterocycles. The van der Waals surface area contributed by atoms with Crippen molar-refractivity contribution in [3.63, 3.8) is 0 Å². The fourth-order valence-corrected chi connectivity index (χ4v) is 1.10. The maximum atomic E-state index is 11.5. The number of ether oxygens (including phenoxy) is 2. The highest BCUT2D eigenvalue weighted by Gasteiger charge is 2.09. The molecule has 0 bridgehead atoms. The number of carbonyl (C=O) groups excluding carboxylic acids is 3. The molecule has 0 atom stereocenters. The molecule has 1 amide bonds. The molecule has 0 aromatic rings. The lowest BCUT2D eigenvalue weighted by atomic mass is 10.3. The molecule has 0 radical (unpaired) electrons. The molecule has 8 heteroatoms. The summed E-state index contributed by atoms with van der Waals surface area (Å²) in [6.45, 7) is 17.0. The monoisotopic (exact) mass is 338 g/mol. The Morgan fingerprint density at radius 3 is 2.08 bits per heavy atom. The van der Waals surface area contributed by atoms with Crippen molar-refractivity contribution in [2.75, 3.05) is 13.2 Å². The molecule has 24 heavy (non-hydrogen) atoms. The molecule has 0 aliphatic heterocycles. The third-order valence-electron chi connectivity index (χ3n) is 2.24. The van der Waals surface area contributed by atoms with E-state index in [0.717, 1.165) is 0 Å². The number of nitrogens with one attached hydrogen (secondary N) is 2. The molecule has 0 aliphatic carbocycles. The van der Waals surface area contributed by atoms with Crippen LogP contribution in [0, 0.1) is 0 Å². The van der Waals surface area contributed by atoms with Crippen LogP contribution in [-0.4, -0.2) is 31.2 Å². The zero-order valence-electron chi connectivity index (χ0n) is 13.9. The average Bonchev–Trinajstić information content (AvgIpc) is 2.48. The van der Waals surface area contributed by atoms with Crippen LogP contribution < -0.4 is 10.8 Å². The summed E-state index contributed by atoms with van der Waals surface area (Å²) in [5.41, 5.74) is 3.05. The van der Waals surface area contributed by atoms with Crippen LogP contribution in [0.1, 0.15) is 20.3 Å². The van der Waals surface area contributed by atoms with Crippen molar-refractivity contribution >= 4 is 18.0 Å². The van der Waals surface area contributed by atoms with Gasteiger partial charge in [-0.3, -0.25) is 0 Å². The molecule has 0 saturated heterocycles. The summed E-state index contributed by atoms with van der Waals surface area (Å²) in [6, 6.07) is 0. The van der Waals surface area contributed by atoms with Gasteiger partial charge in [0.05, 0.1) is 6.54 Å². The van der Waals surface area contributed by atoms with Crippen molar-refractivity contribution in [1.82, 2.24) is 10.8 Å². The third kappa shape index (κ3) is 9.82. The molecule has 2 N–H and O–H groups in total. The molecule has 0 fully saturated rings. The zero-order valence-corrected chi connectivity index (χ0v) is 13.9. The van der Waals surface area contributed by atoms with Gasteiger partial charge in [0, 0.05) is 23.3 Å². The highest BCUT2D eigenvalue weighted by molar-refractivity contribution is 5.87. The van der Waals surface area contributed by atoms with Crippen molar-refractivity contribution in [3.8, 4) is 0 Å². The summed E-state index contributed by atoms with van der Waals surface area (Å²) in [5, 5.41) is 2.37. The highest BCUT2D eigenvalue weighted by atomic mass is 16.7. The Balaban J connectivity index is 3.93. The van der Waals surface area contributed by atoms with Gasteiger partial charge in [-0.05, 0) is 13.8 Å². The summed E-state index contributed by atoms with van der Waals surface area (Å²) >= 11 is 0. The fraction of sp³-hybridized carbons (Fsp3) is 0.312. The Morgan fingerprint density at radius 1 is 0.958 bits per heavy atom. The van der Waals surface area contributed by atoms with E-state index in [4.69, 9.17) is 9.47 Å². The lowest BCUT2D eigenvalue weighted by Gasteiger charge is -2.12. The zero-order chi connectivity index (χ0) is 18.7. The normalized spacial score (nSPS) is 9.25. The number of hydrogen-bond acceptors (Lipinski definition) is 7. The Bertz CT molecular complexity index is 565. The number of hydrogen-bond donors (Lipinski definition) is 2. The number of carbonyl (C=O) groups is 3. The first-order chi connectivity index (χ1) is 11.1. The topological polar surface area (TPSA) is 103 Å². The van der Waals surface area contributed by atoms with E-state index in [1.54, 1.807) is 0 Å². The van der Waals surface area contributed by atoms with Gasteiger partial charge in [-0.15, -0.1) is 0 Å².